The number of nitrogens with zero attached hydrogens (tertiary/aromatic N) is 1. The minimum atomic E-state index is -0.588. The third-order valence-electron chi connectivity index (χ3n) is 3.74. The van der Waals surface area contributed by atoms with E-state index in [1.165, 1.54) is 0 Å². The lowest BCUT2D eigenvalue weighted by Gasteiger charge is -2.13. The molecule has 2 aromatic carbocycles. The van der Waals surface area contributed by atoms with Gasteiger partial charge in [-0.2, -0.15) is 0 Å². The summed E-state index contributed by atoms with van der Waals surface area (Å²) < 4.78 is 10.6. The van der Waals surface area contributed by atoms with Crippen molar-refractivity contribution in [3.63, 3.8) is 0 Å². The van der Waals surface area contributed by atoms with E-state index in [2.05, 4.69) is 22.3 Å². The average molecular weight is 346 g/mol. The average Bonchev–Trinajstić information content (AvgIpc) is 3.01. The van der Waals surface area contributed by atoms with Gasteiger partial charge in [0.1, 0.15) is 17.5 Å². The van der Waals surface area contributed by atoms with E-state index in [1.54, 1.807) is 6.92 Å². The first kappa shape index (κ1) is 17.3. The molecule has 5 heteroatoms. The largest absolute Gasteiger partial charge is 0.441 e. The molecule has 26 heavy (non-hydrogen) atoms. The first-order valence-corrected chi connectivity index (χ1v) is 8.19. The summed E-state index contributed by atoms with van der Waals surface area (Å²) in [6.45, 7) is 3.54. The molecular weight excluding hydrogens is 328 g/mol. The second-order valence-electron chi connectivity index (χ2n) is 5.67. The second kappa shape index (κ2) is 8.04. The van der Waals surface area contributed by atoms with Crippen LogP contribution in [0.25, 0.3) is 0 Å². The van der Waals surface area contributed by atoms with Crippen LogP contribution in [-0.2, 0) is 4.74 Å². The first-order valence-electron chi connectivity index (χ1n) is 8.19. The van der Waals surface area contributed by atoms with E-state index >= 15 is 0 Å². The lowest BCUT2D eigenvalue weighted by atomic mass is 10.1. The Kier molecular flexibility index (Phi) is 5.35. The van der Waals surface area contributed by atoms with Crippen molar-refractivity contribution in [3.8, 4) is 11.8 Å². The number of anilines is 1. The quantitative estimate of drug-likeness (QED) is 0.699. The summed E-state index contributed by atoms with van der Waals surface area (Å²) >= 11 is 0. The topological polar surface area (TPSA) is 64.4 Å². The summed E-state index contributed by atoms with van der Waals surface area (Å²) in [6.07, 6.45) is -0.967. The molecule has 0 saturated carbocycles. The Labute approximate surface area is 152 Å². The van der Waals surface area contributed by atoms with Gasteiger partial charge in [0.05, 0.1) is 0 Å². The molecule has 1 N–H and O–H groups in total. The molecule has 0 fully saturated rings. The smallest absolute Gasteiger partial charge is 0.412 e. The highest BCUT2D eigenvalue weighted by Crippen LogP contribution is 2.21. The maximum atomic E-state index is 12.2. The molecule has 5 nitrogen and oxygen atoms in total. The van der Waals surface area contributed by atoms with E-state index in [0.717, 1.165) is 11.1 Å². The minimum Gasteiger partial charge on any atom is -0.441 e. The van der Waals surface area contributed by atoms with Crippen molar-refractivity contribution in [2.45, 2.75) is 20.0 Å². The van der Waals surface area contributed by atoms with Crippen LogP contribution in [0.15, 0.2) is 65.2 Å². The molecule has 1 atom stereocenters. The van der Waals surface area contributed by atoms with Gasteiger partial charge in [-0.25, -0.2) is 4.79 Å². The zero-order valence-corrected chi connectivity index (χ0v) is 14.5. The van der Waals surface area contributed by atoms with E-state index in [9.17, 15) is 4.79 Å². The van der Waals surface area contributed by atoms with Gasteiger partial charge in [-0.05, 0) is 37.5 Å². The number of amides is 1. The molecule has 0 spiro atoms. The zero-order valence-electron chi connectivity index (χ0n) is 14.5. The summed E-state index contributed by atoms with van der Waals surface area (Å²) in [5, 5.41) is 6.55. The predicted molar refractivity (Wildman–Crippen MR) is 98.6 cm³/mol. The summed E-state index contributed by atoms with van der Waals surface area (Å²) in [7, 11) is 0. The molecule has 1 aromatic heterocycles. The SMILES string of the molecule is Cc1noc(C#Cc2ccccc2)c1NC(=O)OC(C)c1ccccc1. The predicted octanol–water partition coefficient (Wildman–Crippen LogP) is 4.69. The third-order valence-corrected chi connectivity index (χ3v) is 3.74. The lowest BCUT2D eigenvalue weighted by molar-refractivity contribution is 0.121. The van der Waals surface area contributed by atoms with Gasteiger partial charge in [0.25, 0.3) is 0 Å². The monoisotopic (exact) mass is 346 g/mol. The van der Waals surface area contributed by atoms with Crippen molar-refractivity contribution < 1.29 is 14.1 Å². The fourth-order valence-electron chi connectivity index (χ4n) is 2.34. The number of rotatable bonds is 3. The first-order chi connectivity index (χ1) is 12.6. The van der Waals surface area contributed by atoms with Crippen molar-refractivity contribution >= 4 is 11.8 Å². The molecule has 0 bridgehead atoms. The van der Waals surface area contributed by atoms with Gasteiger partial charge in [0, 0.05) is 5.56 Å². The van der Waals surface area contributed by atoms with E-state index in [0.29, 0.717) is 11.4 Å². The highest BCUT2D eigenvalue weighted by Gasteiger charge is 2.17. The van der Waals surface area contributed by atoms with Gasteiger partial charge in [0.15, 0.2) is 0 Å². The molecule has 0 aliphatic rings. The maximum Gasteiger partial charge on any atom is 0.412 e. The van der Waals surface area contributed by atoms with Crippen molar-refractivity contribution in [1.29, 1.82) is 0 Å². The second-order valence-corrected chi connectivity index (χ2v) is 5.67. The molecule has 0 aliphatic heterocycles. The number of carbonyl (C=O) groups is 1. The van der Waals surface area contributed by atoms with E-state index in [4.69, 9.17) is 9.26 Å². The van der Waals surface area contributed by atoms with Gasteiger partial charge in [-0.1, -0.05) is 59.6 Å². The number of ether oxygens (including phenoxy) is 1. The minimum absolute atomic E-state index is 0.288. The number of aromatic nitrogens is 1. The molecular formula is C21H18N2O3. The molecule has 3 aromatic rings. The number of nitrogens with one attached hydrogen (secondary N) is 1. The van der Waals surface area contributed by atoms with Crippen LogP contribution in [-0.4, -0.2) is 11.2 Å². The van der Waals surface area contributed by atoms with E-state index in [1.807, 2.05) is 67.6 Å². The summed E-state index contributed by atoms with van der Waals surface area (Å²) in [6, 6.07) is 19.0. The van der Waals surface area contributed by atoms with Crippen LogP contribution in [0, 0.1) is 18.8 Å². The van der Waals surface area contributed by atoms with Crippen LogP contribution in [0.2, 0.25) is 0 Å². The number of carbonyl (C=O) groups excluding carboxylic acids is 1. The van der Waals surface area contributed by atoms with Crippen molar-refractivity contribution in [3.05, 3.63) is 83.2 Å². The van der Waals surface area contributed by atoms with Crippen molar-refractivity contribution in [2.24, 2.45) is 0 Å². The summed E-state index contributed by atoms with van der Waals surface area (Å²) in [5.41, 5.74) is 2.70. The third kappa shape index (κ3) is 4.31. The van der Waals surface area contributed by atoms with Gasteiger partial charge >= 0.3 is 6.09 Å². The molecule has 0 aliphatic carbocycles. The molecule has 1 amide bonds. The fraction of sp³-hybridized carbons (Fsp3) is 0.143. The van der Waals surface area contributed by atoms with Crippen LogP contribution >= 0.6 is 0 Å². The van der Waals surface area contributed by atoms with Crippen LogP contribution in [0.3, 0.4) is 0 Å². The molecule has 1 unspecified atom stereocenters. The Hall–Kier alpha value is -3.52. The Morgan fingerprint density at radius 2 is 1.73 bits per heavy atom. The van der Waals surface area contributed by atoms with Crippen LogP contribution < -0.4 is 5.32 Å². The van der Waals surface area contributed by atoms with Gasteiger partial charge in [-0.3, -0.25) is 5.32 Å². The van der Waals surface area contributed by atoms with Crippen LogP contribution in [0.1, 0.15) is 35.6 Å². The molecule has 0 radical (unpaired) electrons. The zero-order chi connectivity index (χ0) is 18.4. The lowest BCUT2D eigenvalue weighted by Crippen LogP contribution is -2.16. The van der Waals surface area contributed by atoms with Gasteiger partial charge in [0.2, 0.25) is 5.76 Å². The molecule has 1 heterocycles. The van der Waals surface area contributed by atoms with E-state index < -0.39 is 6.09 Å². The number of hydrogen-bond donors (Lipinski definition) is 1. The van der Waals surface area contributed by atoms with Gasteiger partial charge < -0.3 is 9.26 Å². The normalized spacial score (nSPS) is 11.2. The highest BCUT2D eigenvalue weighted by molar-refractivity contribution is 5.87. The van der Waals surface area contributed by atoms with Crippen LogP contribution in [0.5, 0.6) is 0 Å². The Balaban J connectivity index is 1.71. The molecule has 0 saturated heterocycles. The fourth-order valence-corrected chi connectivity index (χ4v) is 2.34. The number of benzene rings is 2. The summed E-state index contributed by atoms with van der Waals surface area (Å²) in [5.74, 6) is 6.16. The Morgan fingerprint density at radius 1 is 1.08 bits per heavy atom. The van der Waals surface area contributed by atoms with Gasteiger partial charge in [-0.15, -0.1) is 0 Å². The maximum absolute atomic E-state index is 12.2. The summed E-state index contributed by atoms with van der Waals surface area (Å²) in [4.78, 5) is 12.2. The van der Waals surface area contributed by atoms with Crippen molar-refractivity contribution in [2.75, 3.05) is 5.32 Å². The molecule has 3 rings (SSSR count). The van der Waals surface area contributed by atoms with Crippen LogP contribution in [0.4, 0.5) is 10.5 Å². The number of hydrogen-bond acceptors (Lipinski definition) is 4. The standard InChI is InChI=1S/C21H18N2O3/c1-15-20(19(26-23-15)14-13-17-9-5-3-6-10-17)22-21(24)25-16(2)18-11-7-4-8-12-18/h3-12,16H,1-2H3,(H,22,24). The van der Waals surface area contributed by atoms with E-state index in [-0.39, 0.29) is 11.9 Å². The Bertz CT molecular complexity index is 938. The Morgan fingerprint density at radius 3 is 2.42 bits per heavy atom. The van der Waals surface area contributed by atoms with Crippen molar-refractivity contribution in [1.82, 2.24) is 5.16 Å². The number of aryl methyl sites for hydroxylation is 1. The molecule has 130 valence electrons. The highest BCUT2D eigenvalue weighted by atomic mass is 16.6.